The van der Waals surface area contributed by atoms with Crippen molar-refractivity contribution in [3.63, 3.8) is 0 Å². The molecule has 16 heavy (non-hydrogen) atoms. The molecular weight excluding hydrogens is 230 g/mol. The zero-order valence-electron chi connectivity index (χ0n) is 9.98. The highest BCUT2D eigenvalue weighted by Gasteiger charge is 2.49. The van der Waals surface area contributed by atoms with Crippen LogP contribution in [0.25, 0.3) is 0 Å². The lowest BCUT2D eigenvalue weighted by Gasteiger charge is -2.30. The van der Waals surface area contributed by atoms with Gasteiger partial charge in [0, 0.05) is 21.3 Å². The third-order valence-corrected chi connectivity index (χ3v) is 5.14. The minimum absolute atomic E-state index is 0.294. The van der Waals surface area contributed by atoms with Gasteiger partial charge >= 0.3 is 14.8 Å². The zero-order valence-corrected chi connectivity index (χ0v) is 11.0. The molecule has 0 bridgehead atoms. The van der Waals surface area contributed by atoms with Gasteiger partial charge in [-0.2, -0.15) is 5.26 Å². The van der Waals surface area contributed by atoms with E-state index < -0.39 is 20.5 Å². The number of ether oxygens (including phenoxy) is 1. The Kier molecular flexibility index (Phi) is 6.92. The summed E-state index contributed by atoms with van der Waals surface area (Å²) in [6, 6.07) is 1.72. The average Bonchev–Trinajstić information content (AvgIpc) is 2.30. The number of esters is 1. The number of carbonyl (C=O) groups excluding carboxylic acids is 1. The standard InChI is InChI=1S/C9H17NO5Si/c1-5-9(15-8(11)6-7-10)16(12-2,13-3)14-4/h9H,5-6H2,1-4H3. The number of hydrogen-bond donors (Lipinski definition) is 0. The minimum atomic E-state index is -2.99. The van der Waals surface area contributed by atoms with Crippen LogP contribution in [0.5, 0.6) is 0 Å². The number of nitrogens with zero attached hydrogens (tertiary/aromatic N) is 1. The maximum atomic E-state index is 11.2. The molecule has 0 aromatic heterocycles. The topological polar surface area (TPSA) is 77.8 Å². The molecule has 0 amide bonds. The van der Waals surface area contributed by atoms with Crippen LogP contribution in [0.15, 0.2) is 0 Å². The van der Waals surface area contributed by atoms with Crippen molar-refractivity contribution in [2.24, 2.45) is 0 Å². The van der Waals surface area contributed by atoms with Crippen molar-refractivity contribution >= 4 is 14.8 Å². The Morgan fingerprint density at radius 3 is 2.12 bits per heavy atom. The number of carbonyl (C=O) groups is 1. The Morgan fingerprint density at radius 2 is 1.81 bits per heavy atom. The quantitative estimate of drug-likeness (QED) is 0.485. The van der Waals surface area contributed by atoms with Crippen LogP contribution in [-0.4, -0.2) is 41.8 Å². The van der Waals surface area contributed by atoms with E-state index in [1.165, 1.54) is 21.3 Å². The molecule has 0 aliphatic carbocycles. The molecule has 0 aromatic carbocycles. The Morgan fingerprint density at radius 1 is 1.31 bits per heavy atom. The molecule has 0 aliphatic heterocycles. The van der Waals surface area contributed by atoms with Crippen molar-refractivity contribution in [1.82, 2.24) is 0 Å². The smallest absolute Gasteiger partial charge is 0.457 e. The largest absolute Gasteiger partial charge is 0.543 e. The first-order valence-electron chi connectivity index (χ1n) is 4.82. The fourth-order valence-electron chi connectivity index (χ4n) is 1.31. The van der Waals surface area contributed by atoms with Gasteiger partial charge in [-0.25, -0.2) is 0 Å². The van der Waals surface area contributed by atoms with E-state index in [-0.39, 0.29) is 6.42 Å². The maximum absolute atomic E-state index is 11.2. The van der Waals surface area contributed by atoms with E-state index in [1.54, 1.807) is 6.07 Å². The maximum Gasteiger partial charge on any atom is 0.543 e. The molecule has 0 saturated heterocycles. The number of hydrogen-bond acceptors (Lipinski definition) is 6. The molecule has 1 unspecified atom stereocenters. The molecule has 0 N–H and O–H groups in total. The molecular formula is C9H17NO5Si. The van der Waals surface area contributed by atoms with Gasteiger partial charge in [0.15, 0.2) is 5.73 Å². The van der Waals surface area contributed by atoms with Crippen LogP contribution >= 0.6 is 0 Å². The summed E-state index contributed by atoms with van der Waals surface area (Å²) in [6.07, 6.45) is 0.205. The highest BCUT2D eigenvalue weighted by Crippen LogP contribution is 2.18. The van der Waals surface area contributed by atoms with E-state index in [0.29, 0.717) is 6.42 Å². The van der Waals surface area contributed by atoms with E-state index in [1.807, 2.05) is 6.92 Å². The molecule has 6 nitrogen and oxygen atoms in total. The SMILES string of the molecule is CCC(OC(=O)CC#N)[Si](OC)(OC)OC. The third-order valence-electron chi connectivity index (χ3n) is 2.12. The summed E-state index contributed by atoms with van der Waals surface area (Å²) in [4.78, 5) is 11.2. The van der Waals surface area contributed by atoms with Crippen LogP contribution < -0.4 is 0 Å². The summed E-state index contributed by atoms with van der Waals surface area (Å²) in [5.74, 6) is -0.600. The molecule has 0 fully saturated rings. The highest BCUT2D eigenvalue weighted by molar-refractivity contribution is 6.62. The van der Waals surface area contributed by atoms with Crippen molar-refractivity contribution in [3.05, 3.63) is 0 Å². The lowest BCUT2D eigenvalue weighted by Crippen LogP contribution is -2.55. The lowest BCUT2D eigenvalue weighted by molar-refractivity contribution is -0.147. The average molecular weight is 247 g/mol. The van der Waals surface area contributed by atoms with Crippen molar-refractivity contribution < 1.29 is 22.8 Å². The zero-order chi connectivity index (χ0) is 12.6. The Bertz CT molecular complexity index is 253. The normalized spacial score (nSPS) is 12.9. The molecule has 1 atom stereocenters. The van der Waals surface area contributed by atoms with Gasteiger partial charge in [-0.05, 0) is 6.42 Å². The van der Waals surface area contributed by atoms with Gasteiger partial charge in [-0.3, -0.25) is 4.79 Å². The first-order valence-corrected chi connectivity index (χ1v) is 6.62. The van der Waals surface area contributed by atoms with Gasteiger partial charge in [0.25, 0.3) is 0 Å². The van der Waals surface area contributed by atoms with E-state index in [4.69, 9.17) is 23.3 Å². The minimum Gasteiger partial charge on any atom is -0.457 e. The molecule has 0 aliphatic rings. The summed E-state index contributed by atoms with van der Waals surface area (Å²) < 4.78 is 20.7. The second kappa shape index (κ2) is 7.35. The van der Waals surface area contributed by atoms with Crippen LogP contribution in [0, 0.1) is 11.3 Å². The predicted octanol–water partition coefficient (Wildman–Crippen LogP) is 0.639. The van der Waals surface area contributed by atoms with Crippen molar-refractivity contribution in [1.29, 1.82) is 5.26 Å². The summed E-state index contributed by atoms with van der Waals surface area (Å²) >= 11 is 0. The van der Waals surface area contributed by atoms with Gasteiger partial charge in [-0.1, -0.05) is 6.92 Å². The van der Waals surface area contributed by atoms with Crippen LogP contribution in [-0.2, 0) is 22.8 Å². The van der Waals surface area contributed by atoms with E-state index in [9.17, 15) is 4.79 Å². The summed E-state index contributed by atoms with van der Waals surface area (Å²) in [6.45, 7) is 1.82. The molecule has 92 valence electrons. The molecule has 0 heterocycles. The second-order valence-electron chi connectivity index (χ2n) is 2.94. The second-order valence-corrected chi connectivity index (χ2v) is 6.01. The highest BCUT2D eigenvalue weighted by atomic mass is 28.4. The number of rotatable bonds is 7. The van der Waals surface area contributed by atoms with Crippen LogP contribution in [0.1, 0.15) is 19.8 Å². The Balaban J connectivity index is 4.69. The molecule has 0 spiro atoms. The van der Waals surface area contributed by atoms with E-state index >= 15 is 0 Å². The lowest BCUT2D eigenvalue weighted by atomic mass is 10.5. The van der Waals surface area contributed by atoms with Gasteiger partial charge in [-0.15, -0.1) is 0 Å². The van der Waals surface area contributed by atoms with E-state index in [2.05, 4.69) is 0 Å². The summed E-state index contributed by atoms with van der Waals surface area (Å²) in [5, 5.41) is 8.36. The molecule has 0 aromatic rings. The van der Waals surface area contributed by atoms with Crippen LogP contribution in [0.2, 0.25) is 0 Å². The van der Waals surface area contributed by atoms with Gasteiger partial charge in [0.1, 0.15) is 6.42 Å². The van der Waals surface area contributed by atoms with Crippen molar-refractivity contribution in [2.75, 3.05) is 21.3 Å². The fraction of sp³-hybridized carbons (Fsp3) is 0.778. The van der Waals surface area contributed by atoms with Crippen LogP contribution in [0.3, 0.4) is 0 Å². The monoisotopic (exact) mass is 247 g/mol. The fourth-order valence-corrected chi connectivity index (χ4v) is 3.38. The molecule has 0 saturated carbocycles. The van der Waals surface area contributed by atoms with Crippen molar-refractivity contribution in [3.8, 4) is 6.07 Å². The predicted molar refractivity (Wildman–Crippen MR) is 57.2 cm³/mol. The molecule has 0 rings (SSSR count). The van der Waals surface area contributed by atoms with Crippen molar-refractivity contribution in [2.45, 2.75) is 25.5 Å². The first-order chi connectivity index (χ1) is 7.60. The van der Waals surface area contributed by atoms with Gasteiger partial charge in [0.05, 0.1) is 6.07 Å². The third kappa shape index (κ3) is 3.57. The van der Waals surface area contributed by atoms with Gasteiger partial charge in [0.2, 0.25) is 0 Å². The molecule has 7 heteroatoms. The Labute approximate surface area is 96.4 Å². The van der Waals surface area contributed by atoms with Crippen LogP contribution in [0.4, 0.5) is 0 Å². The van der Waals surface area contributed by atoms with E-state index in [0.717, 1.165) is 0 Å². The number of nitriles is 1. The first kappa shape index (κ1) is 15.1. The summed E-state index contributed by atoms with van der Waals surface area (Å²) in [7, 11) is 1.34. The van der Waals surface area contributed by atoms with Gasteiger partial charge < -0.3 is 18.0 Å². The Hall–Kier alpha value is -0.943. The molecule has 0 radical (unpaired) electrons. The summed E-state index contributed by atoms with van der Waals surface area (Å²) in [5.41, 5.74) is -0.589.